The van der Waals surface area contributed by atoms with E-state index >= 15 is 0 Å². The van der Waals surface area contributed by atoms with Crippen LogP contribution in [0.1, 0.15) is 11.7 Å². The summed E-state index contributed by atoms with van der Waals surface area (Å²) < 4.78 is 13.8. The van der Waals surface area contributed by atoms with E-state index in [2.05, 4.69) is 21.2 Å². The molecule has 15 heavy (non-hydrogen) atoms. The number of hydrogen-bond donors (Lipinski definition) is 3. The predicted octanol–water partition coefficient (Wildman–Crippen LogP) is 1.20. The summed E-state index contributed by atoms with van der Waals surface area (Å²) in [6.45, 7) is 0.202. The highest BCUT2D eigenvalue weighted by molar-refractivity contribution is 9.10. The van der Waals surface area contributed by atoms with Gasteiger partial charge in [0, 0.05) is 12.1 Å². The van der Waals surface area contributed by atoms with Crippen molar-refractivity contribution < 1.29 is 14.6 Å². The van der Waals surface area contributed by atoms with Crippen molar-refractivity contribution in [3.63, 3.8) is 0 Å². The van der Waals surface area contributed by atoms with E-state index in [4.69, 9.17) is 0 Å². The van der Waals surface area contributed by atoms with Crippen LogP contribution < -0.4 is 5.32 Å². The maximum atomic E-state index is 13.5. The Kier molecular flexibility index (Phi) is 4.66. The monoisotopic (exact) mass is 277 g/mol. The van der Waals surface area contributed by atoms with Gasteiger partial charge in [-0.25, -0.2) is 4.39 Å². The van der Waals surface area contributed by atoms with Gasteiger partial charge in [-0.2, -0.15) is 0 Å². The molecule has 5 heteroatoms. The summed E-state index contributed by atoms with van der Waals surface area (Å²) in [4.78, 5) is 0. The van der Waals surface area contributed by atoms with Crippen LogP contribution in [0.25, 0.3) is 0 Å². The molecule has 0 aromatic heterocycles. The van der Waals surface area contributed by atoms with Gasteiger partial charge in [0.25, 0.3) is 0 Å². The number of nitrogens with one attached hydrogen (secondary N) is 1. The van der Waals surface area contributed by atoms with E-state index in [1.165, 1.54) is 12.1 Å². The van der Waals surface area contributed by atoms with Crippen LogP contribution in [0.2, 0.25) is 0 Å². The third-order valence-electron chi connectivity index (χ3n) is 2.08. The maximum absolute atomic E-state index is 13.5. The summed E-state index contributed by atoms with van der Waals surface area (Å²) in [5.41, 5.74) is 0.0899. The molecule has 1 aromatic rings. The van der Waals surface area contributed by atoms with E-state index < -0.39 is 18.0 Å². The topological polar surface area (TPSA) is 52.5 Å². The number of halogens is 2. The Morgan fingerprint density at radius 2 is 2.13 bits per heavy atom. The van der Waals surface area contributed by atoms with Gasteiger partial charge >= 0.3 is 0 Å². The average Bonchev–Trinajstić information content (AvgIpc) is 2.21. The van der Waals surface area contributed by atoms with Gasteiger partial charge in [0.1, 0.15) is 11.9 Å². The first-order valence-corrected chi connectivity index (χ1v) is 5.32. The molecule has 0 heterocycles. The van der Waals surface area contributed by atoms with Crippen LogP contribution in [0.4, 0.5) is 4.39 Å². The molecule has 0 radical (unpaired) electrons. The van der Waals surface area contributed by atoms with Gasteiger partial charge in [0.2, 0.25) is 0 Å². The molecular weight excluding hydrogens is 265 g/mol. The van der Waals surface area contributed by atoms with Crippen molar-refractivity contribution in [1.82, 2.24) is 5.32 Å². The molecule has 0 aliphatic rings. The summed E-state index contributed by atoms with van der Waals surface area (Å²) in [7, 11) is 1.65. The standard InChI is InChI=1S/C10H13BrFNO2/c1-13-5-8(14)10(15)6-3-2-4-7(11)9(6)12/h2-4,8,10,13-15H,5H2,1H3. The second-order valence-electron chi connectivity index (χ2n) is 3.21. The summed E-state index contributed by atoms with van der Waals surface area (Å²) in [6, 6.07) is 4.59. The fraction of sp³-hybridized carbons (Fsp3) is 0.400. The zero-order chi connectivity index (χ0) is 11.4. The highest BCUT2D eigenvalue weighted by Crippen LogP contribution is 2.25. The molecule has 1 aromatic carbocycles. The molecule has 1 rings (SSSR count). The lowest BCUT2D eigenvalue weighted by Crippen LogP contribution is -2.30. The Morgan fingerprint density at radius 3 is 2.73 bits per heavy atom. The molecule has 0 aliphatic heterocycles. The first-order valence-electron chi connectivity index (χ1n) is 4.52. The average molecular weight is 278 g/mol. The molecule has 0 bridgehead atoms. The number of benzene rings is 1. The van der Waals surface area contributed by atoms with Crippen LogP contribution in [0.15, 0.2) is 22.7 Å². The minimum atomic E-state index is -1.23. The van der Waals surface area contributed by atoms with Crippen molar-refractivity contribution in [2.45, 2.75) is 12.2 Å². The molecule has 3 N–H and O–H groups in total. The van der Waals surface area contributed by atoms with Crippen LogP contribution in [-0.2, 0) is 0 Å². The van der Waals surface area contributed by atoms with E-state index in [1.54, 1.807) is 13.1 Å². The maximum Gasteiger partial charge on any atom is 0.143 e. The predicted molar refractivity (Wildman–Crippen MR) is 59.0 cm³/mol. The normalized spacial score (nSPS) is 15.0. The molecular formula is C10H13BrFNO2. The third kappa shape index (κ3) is 2.98. The van der Waals surface area contributed by atoms with Crippen LogP contribution >= 0.6 is 15.9 Å². The Labute approximate surface area is 96.1 Å². The van der Waals surface area contributed by atoms with Crippen molar-refractivity contribution in [2.75, 3.05) is 13.6 Å². The van der Waals surface area contributed by atoms with Gasteiger partial charge in [-0.3, -0.25) is 0 Å². The van der Waals surface area contributed by atoms with E-state index in [9.17, 15) is 14.6 Å². The highest BCUT2D eigenvalue weighted by Gasteiger charge is 2.21. The number of hydrogen-bond acceptors (Lipinski definition) is 3. The molecule has 0 spiro atoms. The smallest absolute Gasteiger partial charge is 0.143 e. The first kappa shape index (κ1) is 12.6. The van der Waals surface area contributed by atoms with E-state index in [-0.39, 0.29) is 16.6 Å². The molecule has 0 aliphatic carbocycles. The van der Waals surface area contributed by atoms with Crippen molar-refractivity contribution in [1.29, 1.82) is 0 Å². The van der Waals surface area contributed by atoms with Crippen molar-refractivity contribution in [3.05, 3.63) is 34.1 Å². The van der Waals surface area contributed by atoms with Gasteiger partial charge in [-0.15, -0.1) is 0 Å². The molecule has 0 fully saturated rings. The second-order valence-corrected chi connectivity index (χ2v) is 4.07. The summed E-state index contributed by atoms with van der Waals surface area (Å²) >= 11 is 3.02. The fourth-order valence-corrected chi connectivity index (χ4v) is 1.66. The zero-order valence-electron chi connectivity index (χ0n) is 8.24. The summed E-state index contributed by atoms with van der Waals surface area (Å²) in [5, 5.41) is 21.9. The molecule has 2 atom stereocenters. The third-order valence-corrected chi connectivity index (χ3v) is 2.69. The van der Waals surface area contributed by atoms with E-state index in [0.717, 1.165) is 0 Å². The Morgan fingerprint density at radius 1 is 1.47 bits per heavy atom. The number of rotatable bonds is 4. The van der Waals surface area contributed by atoms with Gasteiger partial charge in [-0.05, 0) is 29.0 Å². The van der Waals surface area contributed by atoms with Gasteiger partial charge in [-0.1, -0.05) is 12.1 Å². The van der Waals surface area contributed by atoms with E-state index in [1.807, 2.05) is 0 Å². The van der Waals surface area contributed by atoms with Crippen LogP contribution in [0.3, 0.4) is 0 Å². The van der Waals surface area contributed by atoms with Gasteiger partial charge in [0.15, 0.2) is 0 Å². The van der Waals surface area contributed by atoms with Crippen LogP contribution in [-0.4, -0.2) is 29.9 Å². The van der Waals surface area contributed by atoms with Crippen molar-refractivity contribution >= 4 is 15.9 Å². The highest BCUT2D eigenvalue weighted by atomic mass is 79.9. The molecule has 3 nitrogen and oxygen atoms in total. The van der Waals surface area contributed by atoms with Crippen molar-refractivity contribution in [2.24, 2.45) is 0 Å². The lowest BCUT2D eigenvalue weighted by atomic mass is 10.0. The second kappa shape index (κ2) is 5.55. The van der Waals surface area contributed by atoms with E-state index in [0.29, 0.717) is 0 Å². The summed E-state index contributed by atoms with van der Waals surface area (Å²) in [6.07, 6.45) is -2.26. The zero-order valence-corrected chi connectivity index (χ0v) is 9.83. The SMILES string of the molecule is CNCC(O)C(O)c1cccc(Br)c1F. The van der Waals surface area contributed by atoms with Crippen LogP contribution in [0.5, 0.6) is 0 Å². The minimum Gasteiger partial charge on any atom is -0.389 e. The largest absolute Gasteiger partial charge is 0.389 e. The van der Waals surface area contributed by atoms with Gasteiger partial charge < -0.3 is 15.5 Å². The molecule has 0 amide bonds. The molecule has 2 unspecified atom stereocenters. The Hall–Kier alpha value is -0.490. The Bertz CT molecular complexity index is 335. The number of aliphatic hydroxyl groups excluding tert-OH is 2. The molecule has 0 saturated carbocycles. The van der Waals surface area contributed by atoms with Crippen LogP contribution in [0, 0.1) is 5.82 Å². The quantitative estimate of drug-likeness (QED) is 0.775. The molecule has 0 saturated heterocycles. The lowest BCUT2D eigenvalue weighted by molar-refractivity contribution is 0.0181. The summed E-state index contributed by atoms with van der Waals surface area (Å²) in [5.74, 6) is -0.542. The van der Waals surface area contributed by atoms with Crippen molar-refractivity contribution in [3.8, 4) is 0 Å². The minimum absolute atomic E-state index is 0.0899. The first-order chi connectivity index (χ1) is 7.07. The Balaban J connectivity index is 2.90. The van der Waals surface area contributed by atoms with Gasteiger partial charge in [0.05, 0.1) is 10.6 Å². The number of likely N-dealkylation sites (N-methyl/N-ethyl adjacent to an activating group) is 1. The molecule has 84 valence electrons. The lowest BCUT2D eigenvalue weighted by Gasteiger charge is -2.18. The fourth-order valence-electron chi connectivity index (χ4n) is 1.28. The number of aliphatic hydroxyl groups is 2.